The number of carbonyl (C=O) groups is 1. The molecule has 22 heavy (non-hydrogen) atoms. The van der Waals surface area contributed by atoms with Crippen LogP contribution in [0.4, 0.5) is 0 Å². The van der Waals surface area contributed by atoms with Crippen molar-refractivity contribution in [2.75, 3.05) is 6.54 Å². The van der Waals surface area contributed by atoms with Gasteiger partial charge in [-0.15, -0.1) is 0 Å². The maximum atomic E-state index is 12.0. The molecule has 1 rings (SSSR count). The van der Waals surface area contributed by atoms with Crippen molar-refractivity contribution in [2.24, 2.45) is 11.5 Å². The summed E-state index contributed by atoms with van der Waals surface area (Å²) in [5, 5.41) is 12.2. The van der Waals surface area contributed by atoms with Gasteiger partial charge in [-0.1, -0.05) is 30.3 Å². The molecule has 7 N–H and O–H groups in total. The maximum Gasteiger partial charge on any atom is 0.237 e. The summed E-state index contributed by atoms with van der Waals surface area (Å²) in [5.41, 5.74) is 12.0. The number of carbonyl (C=O) groups excluding carboxylic acids is 2. The molecule has 1 amide bonds. The van der Waals surface area contributed by atoms with Crippen molar-refractivity contribution >= 4 is 18.2 Å². The van der Waals surface area contributed by atoms with Crippen molar-refractivity contribution in [1.82, 2.24) is 10.6 Å². The molecule has 7 heteroatoms. The van der Waals surface area contributed by atoms with E-state index in [-0.39, 0.29) is 11.9 Å². The van der Waals surface area contributed by atoms with Crippen LogP contribution in [0.5, 0.6) is 0 Å². The summed E-state index contributed by atoms with van der Waals surface area (Å²) >= 11 is 0. The Kier molecular flexibility index (Phi) is 7.63. The minimum Gasteiger partial charge on any atom is -0.370 e. The molecule has 1 aromatic rings. The Morgan fingerprint density at radius 2 is 2.00 bits per heavy atom. The van der Waals surface area contributed by atoms with Crippen LogP contribution in [0, 0.1) is 5.41 Å². The summed E-state index contributed by atoms with van der Waals surface area (Å²) in [5.74, 6) is -0.503. The Morgan fingerprint density at radius 3 is 2.59 bits per heavy atom. The minimum atomic E-state index is -0.714. The van der Waals surface area contributed by atoms with Crippen molar-refractivity contribution < 1.29 is 9.59 Å². The van der Waals surface area contributed by atoms with Gasteiger partial charge in [-0.3, -0.25) is 15.0 Å². The van der Waals surface area contributed by atoms with Gasteiger partial charge in [0, 0.05) is 6.54 Å². The van der Waals surface area contributed by atoms with Crippen LogP contribution < -0.4 is 22.1 Å². The highest BCUT2D eigenvalue weighted by molar-refractivity contribution is 5.84. The Hall–Kier alpha value is -2.41. The van der Waals surface area contributed by atoms with Gasteiger partial charge in [-0.05, 0) is 24.8 Å². The van der Waals surface area contributed by atoms with E-state index >= 15 is 0 Å². The number of hydrogen-bond donors (Lipinski definition) is 5. The zero-order valence-electron chi connectivity index (χ0n) is 12.3. The van der Waals surface area contributed by atoms with Gasteiger partial charge < -0.3 is 22.1 Å². The van der Waals surface area contributed by atoms with Crippen molar-refractivity contribution in [1.29, 1.82) is 5.41 Å². The largest absolute Gasteiger partial charge is 0.370 e. The van der Waals surface area contributed by atoms with E-state index in [0.717, 1.165) is 5.56 Å². The van der Waals surface area contributed by atoms with E-state index in [4.69, 9.17) is 16.9 Å². The first-order chi connectivity index (χ1) is 10.5. The second-order valence-electron chi connectivity index (χ2n) is 4.96. The summed E-state index contributed by atoms with van der Waals surface area (Å²) in [6, 6.07) is 8.01. The van der Waals surface area contributed by atoms with E-state index in [1.165, 1.54) is 0 Å². The molecule has 1 radical (unpaired) electrons. The number of hydrogen-bond acceptors (Lipinski definition) is 4. The lowest BCUT2D eigenvalue weighted by atomic mass is 10.1. The lowest BCUT2D eigenvalue weighted by Crippen LogP contribution is -2.47. The van der Waals surface area contributed by atoms with Crippen LogP contribution in [0.25, 0.3) is 0 Å². The number of amides is 1. The van der Waals surface area contributed by atoms with Crippen molar-refractivity contribution in [3.05, 3.63) is 35.9 Å². The summed E-state index contributed by atoms with van der Waals surface area (Å²) in [6.45, 7) is 0.458. The average Bonchev–Trinajstić information content (AvgIpc) is 2.50. The second-order valence-corrected chi connectivity index (χ2v) is 4.96. The molecule has 2 atom stereocenters. The molecule has 0 aromatic heterocycles. The van der Waals surface area contributed by atoms with E-state index in [9.17, 15) is 9.59 Å². The average molecular weight is 304 g/mol. The standard InChI is InChI=1S/C15H22N5O2/c16-13(9-11-5-2-1-3-6-11)14(22)20-12(10-21)7-4-8-19-15(17)18/h1-3,5-6,12-13H,4,7-9,16H2,(H,20,22)(H4,17,18,19)/t12-,13-/m0/s1. The molecular weight excluding hydrogens is 282 g/mol. The van der Waals surface area contributed by atoms with Crippen molar-refractivity contribution in [3.8, 4) is 0 Å². The molecule has 119 valence electrons. The number of nitrogens with two attached hydrogens (primary N) is 2. The zero-order chi connectivity index (χ0) is 16.4. The molecule has 0 aliphatic rings. The third-order valence-electron chi connectivity index (χ3n) is 3.08. The van der Waals surface area contributed by atoms with Crippen LogP contribution in [-0.4, -0.2) is 36.8 Å². The normalized spacial score (nSPS) is 13.0. The van der Waals surface area contributed by atoms with Crippen molar-refractivity contribution in [2.45, 2.75) is 31.3 Å². The fourth-order valence-electron chi connectivity index (χ4n) is 1.93. The van der Waals surface area contributed by atoms with Crippen LogP contribution in [0.3, 0.4) is 0 Å². The highest BCUT2D eigenvalue weighted by Gasteiger charge is 2.18. The molecule has 7 nitrogen and oxygen atoms in total. The molecule has 0 aliphatic carbocycles. The SMILES string of the molecule is N=C(N)NCCC[C@@H]([C]=O)NC(=O)[C@@H](N)Cc1ccccc1. The first-order valence-electron chi connectivity index (χ1n) is 7.08. The lowest BCUT2D eigenvalue weighted by molar-refractivity contribution is -0.122. The van der Waals surface area contributed by atoms with Crippen LogP contribution in [0.1, 0.15) is 18.4 Å². The Bertz CT molecular complexity index is 492. The molecule has 1 aromatic carbocycles. The summed E-state index contributed by atoms with van der Waals surface area (Å²) < 4.78 is 0. The fourth-order valence-corrected chi connectivity index (χ4v) is 1.93. The fraction of sp³-hybridized carbons (Fsp3) is 0.400. The molecule has 0 saturated carbocycles. The monoisotopic (exact) mass is 304 g/mol. The van der Waals surface area contributed by atoms with Gasteiger partial charge in [0.2, 0.25) is 12.2 Å². The number of nitrogens with one attached hydrogen (secondary N) is 3. The molecule has 0 saturated heterocycles. The summed E-state index contributed by atoms with van der Waals surface area (Å²) in [4.78, 5) is 22.9. The van der Waals surface area contributed by atoms with Gasteiger partial charge in [0.25, 0.3) is 0 Å². The van der Waals surface area contributed by atoms with Gasteiger partial charge in [0.05, 0.1) is 12.1 Å². The van der Waals surface area contributed by atoms with E-state index in [0.29, 0.717) is 25.8 Å². The van der Waals surface area contributed by atoms with Gasteiger partial charge >= 0.3 is 0 Å². The van der Waals surface area contributed by atoms with Gasteiger partial charge in [-0.25, -0.2) is 0 Å². The molecule has 0 unspecified atom stereocenters. The predicted octanol–water partition coefficient (Wildman–Crippen LogP) is -0.586. The topological polar surface area (TPSA) is 134 Å². The summed E-state index contributed by atoms with van der Waals surface area (Å²) in [7, 11) is 0. The molecule has 0 bridgehead atoms. The zero-order valence-corrected chi connectivity index (χ0v) is 12.3. The molecule has 0 spiro atoms. The van der Waals surface area contributed by atoms with E-state index in [2.05, 4.69) is 10.6 Å². The van der Waals surface area contributed by atoms with Gasteiger partial charge in [0.15, 0.2) is 5.96 Å². The number of benzene rings is 1. The summed E-state index contributed by atoms with van der Waals surface area (Å²) in [6.07, 6.45) is 3.18. The molecule has 0 aliphatic heterocycles. The first kappa shape index (κ1) is 17.6. The Labute approximate surface area is 130 Å². The van der Waals surface area contributed by atoms with E-state index in [1.54, 1.807) is 6.29 Å². The van der Waals surface area contributed by atoms with Crippen LogP contribution in [0.15, 0.2) is 30.3 Å². The molecule has 0 fully saturated rings. The lowest BCUT2D eigenvalue weighted by Gasteiger charge is -2.16. The van der Waals surface area contributed by atoms with E-state index < -0.39 is 12.1 Å². The van der Waals surface area contributed by atoms with Crippen LogP contribution in [-0.2, 0) is 16.0 Å². The first-order valence-corrected chi connectivity index (χ1v) is 7.08. The second kappa shape index (κ2) is 9.51. The molecular formula is C15H22N5O2. The maximum absolute atomic E-state index is 12.0. The van der Waals surface area contributed by atoms with Crippen LogP contribution >= 0.6 is 0 Å². The predicted molar refractivity (Wildman–Crippen MR) is 84.9 cm³/mol. The van der Waals surface area contributed by atoms with E-state index in [1.807, 2.05) is 30.3 Å². The van der Waals surface area contributed by atoms with Crippen LogP contribution in [0.2, 0.25) is 0 Å². The third-order valence-corrected chi connectivity index (χ3v) is 3.08. The smallest absolute Gasteiger partial charge is 0.237 e. The Balaban J connectivity index is 2.36. The quantitative estimate of drug-likeness (QED) is 0.236. The number of guanidine groups is 1. The van der Waals surface area contributed by atoms with Crippen molar-refractivity contribution in [3.63, 3.8) is 0 Å². The Morgan fingerprint density at radius 1 is 1.32 bits per heavy atom. The van der Waals surface area contributed by atoms with Gasteiger partial charge in [-0.2, -0.15) is 0 Å². The number of rotatable bonds is 9. The van der Waals surface area contributed by atoms with Gasteiger partial charge in [0.1, 0.15) is 0 Å². The minimum absolute atomic E-state index is 0.124. The highest BCUT2D eigenvalue weighted by Crippen LogP contribution is 2.02. The molecule has 0 heterocycles. The third kappa shape index (κ3) is 6.85. The highest BCUT2D eigenvalue weighted by atomic mass is 16.2.